The van der Waals surface area contributed by atoms with Crippen molar-refractivity contribution < 1.29 is 51.7 Å². The van der Waals surface area contributed by atoms with Crippen LogP contribution in [0.15, 0.2) is 0 Å². The van der Waals surface area contributed by atoms with Crippen molar-refractivity contribution in [1.29, 1.82) is 0 Å². The molecular weight excluding hydrogens is 360 g/mol. The number of carboxylic acids is 1. The van der Waals surface area contributed by atoms with Gasteiger partial charge in [-0.3, -0.25) is 4.79 Å². The van der Waals surface area contributed by atoms with Gasteiger partial charge in [0, 0.05) is 40.5 Å². The van der Waals surface area contributed by atoms with Gasteiger partial charge in [-0.05, 0) is 68.7 Å². The van der Waals surface area contributed by atoms with Crippen LogP contribution in [0.2, 0.25) is 0 Å². The number of Topliss-reactive ketones (excluding diaryl/α,β-unsaturated/α-hetero) is 1. The zero-order valence-electron chi connectivity index (χ0n) is 17.7. The van der Waals surface area contributed by atoms with Crippen molar-refractivity contribution in [2.45, 2.75) is 105 Å². The van der Waals surface area contributed by atoms with Gasteiger partial charge in [0.1, 0.15) is 5.78 Å². The van der Waals surface area contributed by atoms with Crippen LogP contribution in [0.1, 0.15) is 88.5 Å². The van der Waals surface area contributed by atoms with Crippen LogP contribution < -0.4 is 5.11 Å². The zero-order chi connectivity index (χ0) is 20.8. The molecule has 0 radical (unpaired) electrons. The van der Waals surface area contributed by atoms with Crippen LogP contribution in [0.3, 0.4) is 0 Å². The molecule has 0 aliphatic rings. The molecule has 0 bridgehead atoms. The van der Waals surface area contributed by atoms with E-state index < -0.39 is 29.2 Å². The van der Waals surface area contributed by atoms with Crippen LogP contribution in [0.25, 0.3) is 0 Å². The number of ketones is 1. The molecule has 0 atom stereocenters. The topological polar surface area (TPSA) is 118 Å². The Bertz CT molecular complexity index is 275. The predicted molar refractivity (Wildman–Crippen MR) is 95.5 cm³/mol. The molecular formula is C18H39O6Ti-. The van der Waals surface area contributed by atoms with Gasteiger partial charge in [-0.15, -0.1) is 0 Å². The smallest absolute Gasteiger partial charge is 0.138 e. The number of aliphatic hydroxyl groups is 3. The van der Waals surface area contributed by atoms with Gasteiger partial charge in [-0.2, -0.15) is 0 Å². The first-order chi connectivity index (χ1) is 10.2. The molecule has 0 amide bonds. The number of rotatable bonds is 4. The molecule has 0 aromatic carbocycles. The molecule has 0 saturated heterocycles. The maximum Gasteiger partial charge on any atom is 0.138 e. The van der Waals surface area contributed by atoms with Crippen LogP contribution in [0, 0.1) is 0 Å². The second-order valence-electron chi connectivity index (χ2n) is 8.35. The standard InChI is InChI=1S/C6H10O3.3C4H10O.Ti/c1-2-3-5(7)4-6(8)9;3*1-4(2,3)5;/h2-4H2,1H3,(H,8,9);3*5H,1-3H3;/p-1. The van der Waals surface area contributed by atoms with Gasteiger partial charge < -0.3 is 25.2 Å². The maximum absolute atomic E-state index is 10.4. The quantitative estimate of drug-likeness (QED) is 0.490. The van der Waals surface area contributed by atoms with E-state index in [0.717, 1.165) is 0 Å². The van der Waals surface area contributed by atoms with E-state index in [1.807, 2.05) is 6.92 Å². The molecule has 0 fully saturated rings. The summed E-state index contributed by atoms with van der Waals surface area (Å²) in [4.78, 5) is 20.2. The van der Waals surface area contributed by atoms with E-state index in [2.05, 4.69) is 0 Å². The molecule has 0 spiro atoms. The maximum atomic E-state index is 10.4. The molecule has 0 aliphatic carbocycles. The minimum absolute atomic E-state index is 0. The van der Waals surface area contributed by atoms with Crippen LogP contribution in [-0.2, 0) is 31.3 Å². The molecule has 3 N–H and O–H groups in total. The summed E-state index contributed by atoms with van der Waals surface area (Å²) >= 11 is 0. The normalized spacial score (nSPS) is 10.4. The summed E-state index contributed by atoms with van der Waals surface area (Å²) in [6.45, 7) is 17.5. The van der Waals surface area contributed by atoms with Gasteiger partial charge in [0.05, 0.1) is 16.8 Å². The summed E-state index contributed by atoms with van der Waals surface area (Å²) in [5, 5.41) is 35.3. The van der Waals surface area contributed by atoms with Crippen LogP contribution >= 0.6 is 0 Å². The first-order valence-electron chi connectivity index (χ1n) is 8.05. The summed E-state index contributed by atoms with van der Waals surface area (Å²) < 4.78 is 0. The summed E-state index contributed by atoms with van der Waals surface area (Å²) in [7, 11) is 0. The van der Waals surface area contributed by atoms with E-state index in [1.165, 1.54) is 0 Å². The molecule has 152 valence electrons. The summed E-state index contributed by atoms with van der Waals surface area (Å²) in [5.74, 6) is -1.54. The van der Waals surface area contributed by atoms with E-state index in [9.17, 15) is 14.7 Å². The van der Waals surface area contributed by atoms with Gasteiger partial charge in [-0.25, -0.2) is 0 Å². The predicted octanol–water partition coefficient (Wildman–Crippen LogP) is 1.82. The molecule has 0 aliphatic heterocycles. The zero-order valence-corrected chi connectivity index (χ0v) is 19.2. The van der Waals surface area contributed by atoms with Crippen molar-refractivity contribution >= 4 is 11.8 Å². The van der Waals surface area contributed by atoms with Crippen molar-refractivity contribution in [3.05, 3.63) is 0 Å². The Morgan fingerprint density at radius 3 is 1.08 bits per heavy atom. The Morgan fingerprint density at radius 2 is 0.960 bits per heavy atom. The first-order valence-corrected chi connectivity index (χ1v) is 8.05. The largest absolute Gasteiger partial charge is 0.550 e. The third-order valence-electron chi connectivity index (χ3n) is 0.870. The second kappa shape index (κ2) is 17.2. The van der Waals surface area contributed by atoms with Crippen LogP contribution in [-0.4, -0.2) is 43.9 Å². The molecule has 0 rings (SSSR count). The van der Waals surface area contributed by atoms with Gasteiger partial charge >= 0.3 is 0 Å². The van der Waals surface area contributed by atoms with E-state index in [0.29, 0.717) is 12.8 Å². The SMILES string of the molecule is CC(C)(C)O.CC(C)(C)O.CC(C)(C)O.CCCC(=O)CC(=O)[O-].[Ti]. The third-order valence-corrected chi connectivity index (χ3v) is 0.870. The van der Waals surface area contributed by atoms with Crippen molar-refractivity contribution in [2.75, 3.05) is 0 Å². The van der Waals surface area contributed by atoms with E-state index in [4.69, 9.17) is 15.3 Å². The fourth-order valence-electron chi connectivity index (χ4n) is 0.528. The molecule has 0 aromatic heterocycles. The number of carbonyl (C=O) groups is 2. The Morgan fingerprint density at radius 1 is 0.760 bits per heavy atom. The summed E-state index contributed by atoms with van der Waals surface area (Å²) in [5.41, 5.74) is -1.50. The minimum Gasteiger partial charge on any atom is -0.550 e. The van der Waals surface area contributed by atoms with Gasteiger partial charge in [0.2, 0.25) is 0 Å². The number of carbonyl (C=O) groups excluding carboxylic acids is 2. The van der Waals surface area contributed by atoms with Crippen molar-refractivity contribution in [2.24, 2.45) is 0 Å². The first kappa shape index (κ1) is 35.8. The van der Waals surface area contributed by atoms with Gasteiger partial charge in [0.15, 0.2) is 0 Å². The molecule has 6 nitrogen and oxygen atoms in total. The Kier molecular flexibility index (Phi) is 24.6. The molecule has 0 unspecified atom stereocenters. The Balaban J connectivity index is -0.0000000733. The van der Waals surface area contributed by atoms with E-state index in [-0.39, 0.29) is 27.5 Å². The van der Waals surface area contributed by atoms with Crippen molar-refractivity contribution in [3.8, 4) is 0 Å². The van der Waals surface area contributed by atoms with E-state index in [1.54, 1.807) is 62.3 Å². The van der Waals surface area contributed by atoms with Crippen molar-refractivity contribution in [1.82, 2.24) is 0 Å². The average Bonchev–Trinajstić information content (AvgIpc) is 2.06. The molecule has 0 saturated carbocycles. The fourth-order valence-corrected chi connectivity index (χ4v) is 0.528. The third kappa shape index (κ3) is 247. The van der Waals surface area contributed by atoms with E-state index >= 15 is 0 Å². The Labute approximate surface area is 168 Å². The monoisotopic (exact) mass is 399 g/mol. The Hall–Kier alpha value is -0.266. The summed E-state index contributed by atoms with van der Waals surface area (Å²) in [6.07, 6.45) is 0.605. The molecule has 25 heavy (non-hydrogen) atoms. The minimum atomic E-state index is -1.28. The summed E-state index contributed by atoms with van der Waals surface area (Å²) in [6, 6.07) is 0. The van der Waals surface area contributed by atoms with Gasteiger partial charge in [-0.1, -0.05) is 6.92 Å². The number of carboxylic acid groups (broad SMARTS) is 1. The fraction of sp³-hybridized carbons (Fsp3) is 0.889. The molecule has 7 heteroatoms. The second-order valence-corrected chi connectivity index (χ2v) is 8.35. The molecule has 0 aromatic rings. The number of hydrogen-bond donors (Lipinski definition) is 3. The van der Waals surface area contributed by atoms with Gasteiger partial charge in [0.25, 0.3) is 0 Å². The number of hydrogen-bond acceptors (Lipinski definition) is 6. The molecule has 0 heterocycles. The van der Waals surface area contributed by atoms with Crippen LogP contribution in [0.5, 0.6) is 0 Å². The number of aliphatic carboxylic acids is 1. The average molecular weight is 399 g/mol. The van der Waals surface area contributed by atoms with Crippen molar-refractivity contribution in [3.63, 3.8) is 0 Å². The van der Waals surface area contributed by atoms with Crippen LogP contribution in [0.4, 0.5) is 0 Å².